The molecule has 0 bridgehead atoms. The van der Waals surface area contributed by atoms with E-state index in [1.165, 1.54) is 0 Å². The molecule has 0 radical (unpaired) electrons. The van der Waals surface area contributed by atoms with Gasteiger partial charge >= 0.3 is 0 Å². The fraction of sp³-hybridized carbons (Fsp3) is 0.333. The van der Waals surface area contributed by atoms with E-state index in [0.29, 0.717) is 13.2 Å². The molecule has 1 N–H and O–H groups in total. The summed E-state index contributed by atoms with van der Waals surface area (Å²) in [4.78, 5) is 0. The second-order valence-electron chi connectivity index (χ2n) is 3.71. The van der Waals surface area contributed by atoms with Crippen molar-refractivity contribution in [2.24, 2.45) is 0 Å². The molecule has 80 valence electrons. The number of aromatic hydroxyl groups is 1. The first-order valence-electron chi connectivity index (χ1n) is 4.80. The van der Waals surface area contributed by atoms with E-state index in [1.807, 2.05) is 6.07 Å². The maximum absolute atomic E-state index is 9.56. The monoisotopic (exact) mass is 206 g/mol. The smallest absolute Gasteiger partial charge is 0.139 e. The van der Waals surface area contributed by atoms with Crippen molar-refractivity contribution >= 4 is 6.08 Å². The number of hydrogen-bond acceptors (Lipinski definition) is 3. The number of methoxy groups -OCH3 is 1. The lowest BCUT2D eigenvalue weighted by molar-refractivity contribution is -0.202. The standard InChI is InChI=1S/C12H14O3/c1-3-9-4-10(6-11(13)5-9)12(14-2)7-15-8-12/h3-6,13H,1,7-8H2,2H3. The Morgan fingerprint density at radius 1 is 1.47 bits per heavy atom. The van der Waals surface area contributed by atoms with Gasteiger partial charge in [0.05, 0.1) is 13.2 Å². The number of rotatable bonds is 3. The summed E-state index contributed by atoms with van der Waals surface area (Å²) in [7, 11) is 1.65. The van der Waals surface area contributed by atoms with E-state index in [4.69, 9.17) is 9.47 Å². The van der Waals surface area contributed by atoms with E-state index in [1.54, 1.807) is 25.3 Å². The Morgan fingerprint density at radius 3 is 2.67 bits per heavy atom. The highest BCUT2D eigenvalue weighted by atomic mass is 16.6. The molecule has 0 aromatic heterocycles. The third-order valence-electron chi connectivity index (χ3n) is 2.76. The Labute approximate surface area is 88.9 Å². The summed E-state index contributed by atoms with van der Waals surface area (Å²) in [5.41, 5.74) is 1.43. The zero-order chi connectivity index (χ0) is 10.9. The van der Waals surface area contributed by atoms with Gasteiger partial charge in [0.1, 0.15) is 11.4 Å². The molecule has 0 spiro atoms. The predicted octanol–water partition coefficient (Wildman–Crippen LogP) is 1.91. The van der Waals surface area contributed by atoms with Gasteiger partial charge in [-0.15, -0.1) is 0 Å². The van der Waals surface area contributed by atoms with Gasteiger partial charge in [-0.25, -0.2) is 0 Å². The van der Waals surface area contributed by atoms with Crippen molar-refractivity contribution in [1.29, 1.82) is 0 Å². The molecule has 1 heterocycles. The van der Waals surface area contributed by atoms with Crippen LogP contribution in [-0.2, 0) is 15.1 Å². The molecule has 0 saturated carbocycles. The Bertz CT molecular complexity index is 375. The van der Waals surface area contributed by atoms with Crippen molar-refractivity contribution in [2.45, 2.75) is 5.60 Å². The maximum Gasteiger partial charge on any atom is 0.139 e. The second-order valence-corrected chi connectivity index (χ2v) is 3.71. The average Bonchev–Trinajstić information content (AvgIpc) is 2.16. The van der Waals surface area contributed by atoms with Gasteiger partial charge in [-0.3, -0.25) is 0 Å². The minimum Gasteiger partial charge on any atom is -0.508 e. The molecule has 2 rings (SSSR count). The minimum atomic E-state index is -0.392. The van der Waals surface area contributed by atoms with Crippen LogP contribution in [-0.4, -0.2) is 25.4 Å². The van der Waals surface area contributed by atoms with Crippen LogP contribution in [0.2, 0.25) is 0 Å². The van der Waals surface area contributed by atoms with E-state index >= 15 is 0 Å². The van der Waals surface area contributed by atoms with Crippen LogP contribution >= 0.6 is 0 Å². The highest BCUT2D eigenvalue weighted by Gasteiger charge is 2.40. The van der Waals surface area contributed by atoms with E-state index < -0.39 is 5.60 Å². The summed E-state index contributed by atoms with van der Waals surface area (Å²) < 4.78 is 10.6. The molecule has 1 aliphatic rings. The zero-order valence-electron chi connectivity index (χ0n) is 8.69. The third kappa shape index (κ3) is 1.64. The molecule has 1 aliphatic heterocycles. The largest absolute Gasteiger partial charge is 0.508 e. The molecular weight excluding hydrogens is 192 g/mol. The summed E-state index contributed by atoms with van der Waals surface area (Å²) >= 11 is 0. The Morgan fingerprint density at radius 2 is 2.20 bits per heavy atom. The van der Waals surface area contributed by atoms with Crippen LogP contribution in [0.25, 0.3) is 6.08 Å². The first-order valence-corrected chi connectivity index (χ1v) is 4.80. The number of phenols is 1. The summed E-state index contributed by atoms with van der Waals surface area (Å²) in [6.45, 7) is 4.74. The van der Waals surface area contributed by atoms with E-state index in [-0.39, 0.29) is 5.75 Å². The predicted molar refractivity (Wildman–Crippen MR) is 57.7 cm³/mol. The lowest BCUT2D eigenvalue weighted by Gasteiger charge is -2.40. The molecule has 3 nitrogen and oxygen atoms in total. The molecule has 1 aromatic rings. The van der Waals surface area contributed by atoms with Crippen molar-refractivity contribution in [2.75, 3.05) is 20.3 Å². The van der Waals surface area contributed by atoms with Crippen LogP contribution in [0.3, 0.4) is 0 Å². The van der Waals surface area contributed by atoms with E-state index in [2.05, 4.69) is 6.58 Å². The van der Waals surface area contributed by atoms with Crippen LogP contribution in [0.5, 0.6) is 5.75 Å². The first kappa shape index (κ1) is 10.2. The van der Waals surface area contributed by atoms with Crippen LogP contribution in [0.1, 0.15) is 11.1 Å². The van der Waals surface area contributed by atoms with Gasteiger partial charge in [-0.2, -0.15) is 0 Å². The van der Waals surface area contributed by atoms with Crippen molar-refractivity contribution in [3.63, 3.8) is 0 Å². The van der Waals surface area contributed by atoms with E-state index in [0.717, 1.165) is 11.1 Å². The Balaban J connectivity index is 2.42. The highest BCUT2D eigenvalue weighted by molar-refractivity contribution is 5.52. The van der Waals surface area contributed by atoms with Crippen molar-refractivity contribution in [1.82, 2.24) is 0 Å². The van der Waals surface area contributed by atoms with Gasteiger partial charge < -0.3 is 14.6 Å². The number of ether oxygens (including phenoxy) is 2. The van der Waals surface area contributed by atoms with Gasteiger partial charge in [0.15, 0.2) is 0 Å². The van der Waals surface area contributed by atoms with Crippen molar-refractivity contribution in [3.8, 4) is 5.75 Å². The molecule has 3 heteroatoms. The van der Waals surface area contributed by atoms with Gasteiger partial charge in [-0.1, -0.05) is 12.7 Å². The molecule has 0 atom stereocenters. The summed E-state index contributed by atoms with van der Waals surface area (Å²) in [6.07, 6.45) is 1.70. The van der Waals surface area contributed by atoms with Crippen LogP contribution in [0.15, 0.2) is 24.8 Å². The normalized spacial score (nSPS) is 18.2. The lowest BCUT2D eigenvalue weighted by Crippen LogP contribution is -2.48. The molecule has 0 aliphatic carbocycles. The lowest BCUT2D eigenvalue weighted by atomic mass is 9.90. The number of phenolic OH excluding ortho intramolecular Hbond substituents is 1. The van der Waals surface area contributed by atoms with Gasteiger partial charge in [0.2, 0.25) is 0 Å². The van der Waals surface area contributed by atoms with Gasteiger partial charge in [0.25, 0.3) is 0 Å². The van der Waals surface area contributed by atoms with Crippen LogP contribution in [0.4, 0.5) is 0 Å². The van der Waals surface area contributed by atoms with Crippen LogP contribution in [0, 0.1) is 0 Å². The van der Waals surface area contributed by atoms with E-state index in [9.17, 15) is 5.11 Å². The van der Waals surface area contributed by atoms with Crippen LogP contribution < -0.4 is 0 Å². The fourth-order valence-electron chi connectivity index (χ4n) is 1.71. The summed E-state index contributed by atoms with van der Waals surface area (Å²) in [6, 6.07) is 5.33. The fourth-order valence-corrected chi connectivity index (χ4v) is 1.71. The topological polar surface area (TPSA) is 38.7 Å². The third-order valence-corrected chi connectivity index (χ3v) is 2.76. The summed E-state index contributed by atoms with van der Waals surface area (Å²) in [5, 5.41) is 9.56. The SMILES string of the molecule is C=Cc1cc(O)cc(C2(OC)COC2)c1. The molecule has 1 saturated heterocycles. The number of hydrogen-bond donors (Lipinski definition) is 1. The average molecular weight is 206 g/mol. The maximum atomic E-state index is 9.56. The molecule has 0 unspecified atom stereocenters. The Hall–Kier alpha value is -1.32. The molecule has 1 fully saturated rings. The van der Waals surface area contributed by atoms with Crippen molar-refractivity contribution in [3.05, 3.63) is 35.9 Å². The Kier molecular flexibility index (Phi) is 2.50. The second kappa shape index (κ2) is 3.68. The molecule has 1 aromatic carbocycles. The quantitative estimate of drug-likeness (QED) is 0.821. The molecule has 0 amide bonds. The van der Waals surface area contributed by atoms with Crippen molar-refractivity contribution < 1.29 is 14.6 Å². The minimum absolute atomic E-state index is 0.228. The summed E-state index contributed by atoms with van der Waals surface area (Å²) in [5.74, 6) is 0.228. The molecule has 15 heavy (non-hydrogen) atoms. The van der Waals surface area contributed by atoms with Gasteiger partial charge in [0, 0.05) is 7.11 Å². The molecular formula is C12H14O3. The van der Waals surface area contributed by atoms with Gasteiger partial charge in [-0.05, 0) is 29.3 Å². The first-order chi connectivity index (χ1) is 7.20. The highest BCUT2D eigenvalue weighted by Crippen LogP contribution is 2.35. The zero-order valence-corrected chi connectivity index (χ0v) is 8.69. The number of benzene rings is 1.